The minimum absolute atomic E-state index is 0.209. The van der Waals surface area contributed by atoms with Crippen LogP contribution in [0.1, 0.15) is 52.2 Å². The van der Waals surface area contributed by atoms with Gasteiger partial charge >= 0.3 is 5.97 Å². The minimum Gasteiger partial charge on any atom is -0.459 e. The van der Waals surface area contributed by atoms with E-state index in [1.54, 1.807) is 11.6 Å². The number of hydroxylamine groups is 1. The van der Waals surface area contributed by atoms with E-state index in [1.807, 2.05) is 45.0 Å². The van der Waals surface area contributed by atoms with E-state index < -0.39 is 11.5 Å². The van der Waals surface area contributed by atoms with Crippen LogP contribution in [0.4, 0.5) is 0 Å². The maximum Gasteiger partial charge on any atom is 0.323 e. The molecule has 0 saturated carbocycles. The molecule has 0 heterocycles. The lowest BCUT2D eigenvalue weighted by molar-refractivity contribution is -0.158. The molecule has 0 saturated heterocycles. The zero-order chi connectivity index (χ0) is 20.4. The Bertz CT molecular complexity index is 631. The number of carbonyl (C=O) groups is 2. The molecule has 0 unspecified atom stereocenters. The summed E-state index contributed by atoms with van der Waals surface area (Å²) < 4.78 is 5.52. The van der Waals surface area contributed by atoms with Crippen molar-refractivity contribution in [2.45, 2.75) is 59.1 Å². The van der Waals surface area contributed by atoms with Gasteiger partial charge in [0.25, 0.3) is 5.91 Å². The molecule has 0 aromatic heterocycles. The maximum absolute atomic E-state index is 12.4. The first-order chi connectivity index (χ1) is 12.6. The van der Waals surface area contributed by atoms with Crippen molar-refractivity contribution in [2.75, 3.05) is 6.54 Å². The number of hydrogen-bond donors (Lipinski definition) is 3. The van der Waals surface area contributed by atoms with Crippen LogP contribution < -0.4 is 10.8 Å². The average Bonchev–Trinajstić information content (AvgIpc) is 2.58. The van der Waals surface area contributed by atoms with Crippen molar-refractivity contribution in [3.8, 4) is 0 Å². The lowest BCUT2D eigenvalue weighted by Crippen LogP contribution is -2.42. The Morgan fingerprint density at radius 3 is 2.33 bits per heavy atom. The van der Waals surface area contributed by atoms with Crippen LogP contribution in [0.2, 0.25) is 0 Å². The molecule has 0 fully saturated rings. The van der Waals surface area contributed by atoms with Gasteiger partial charge < -0.3 is 10.1 Å². The number of amides is 1. The molecule has 3 N–H and O–H groups in total. The van der Waals surface area contributed by atoms with Crippen LogP contribution in [0, 0.1) is 5.92 Å². The second-order valence-electron chi connectivity index (χ2n) is 7.97. The molecule has 1 aromatic rings. The normalized spacial score (nSPS) is 13.0. The van der Waals surface area contributed by atoms with E-state index in [2.05, 4.69) is 19.2 Å². The van der Waals surface area contributed by atoms with Crippen LogP contribution in [-0.2, 0) is 20.7 Å². The molecule has 6 nitrogen and oxygen atoms in total. The number of carbonyl (C=O) groups excluding carboxylic acids is 2. The molecular weight excluding hydrogens is 344 g/mol. The number of esters is 1. The summed E-state index contributed by atoms with van der Waals surface area (Å²) in [7, 11) is 0. The minimum atomic E-state index is -0.568. The van der Waals surface area contributed by atoms with E-state index in [1.165, 1.54) is 6.08 Å². The molecule has 27 heavy (non-hydrogen) atoms. The summed E-state index contributed by atoms with van der Waals surface area (Å²) in [5.41, 5.74) is 3.04. The summed E-state index contributed by atoms with van der Waals surface area (Å²) in [5.74, 6) is -0.391. The van der Waals surface area contributed by atoms with E-state index in [0.717, 1.165) is 24.0 Å². The van der Waals surface area contributed by atoms with Gasteiger partial charge in [-0.2, -0.15) is 0 Å². The van der Waals surface area contributed by atoms with E-state index in [4.69, 9.17) is 9.94 Å². The van der Waals surface area contributed by atoms with Crippen LogP contribution in [-0.4, -0.2) is 35.3 Å². The van der Waals surface area contributed by atoms with Crippen LogP contribution in [0.25, 0.3) is 6.08 Å². The zero-order valence-corrected chi connectivity index (χ0v) is 16.9. The number of rotatable bonds is 9. The predicted octanol–water partition coefficient (Wildman–Crippen LogP) is 3.09. The van der Waals surface area contributed by atoms with E-state index in [0.29, 0.717) is 12.5 Å². The Kier molecular flexibility index (Phi) is 9.18. The van der Waals surface area contributed by atoms with E-state index in [9.17, 15) is 9.59 Å². The fourth-order valence-corrected chi connectivity index (χ4v) is 2.50. The maximum atomic E-state index is 12.4. The average molecular weight is 376 g/mol. The molecule has 1 aromatic carbocycles. The van der Waals surface area contributed by atoms with Gasteiger partial charge in [0.2, 0.25) is 0 Å². The highest BCUT2D eigenvalue weighted by atomic mass is 16.6. The summed E-state index contributed by atoms with van der Waals surface area (Å²) in [6.45, 7) is 10.5. The number of hydrogen-bond acceptors (Lipinski definition) is 5. The fourth-order valence-electron chi connectivity index (χ4n) is 2.50. The van der Waals surface area contributed by atoms with Gasteiger partial charge in [-0.25, -0.2) is 5.48 Å². The number of ether oxygens (including phenoxy) is 1. The molecule has 0 aliphatic heterocycles. The van der Waals surface area contributed by atoms with Crippen molar-refractivity contribution in [3.05, 3.63) is 41.5 Å². The fraction of sp³-hybridized carbons (Fsp3) is 0.524. The summed E-state index contributed by atoms with van der Waals surface area (Å²) in [4.78, 5) is 23.4. The first-order valence-electron chi connectivity index (χ1n) is 9.28. The van der Waals surface area contributed by atoms with Gasteiger partial charge in [-0.15, -0.1) is 0 Å². The quantitative estimate of drug-likeness (QED) is 0.267. The molecule has 0 aliphatic rings. The molecule has 1 amide bonds. The van der Waals surface area contributed by atoms with Crippen LogP contribution in [0.3, 0.4) is 0 Å². The molecule has 150 valence electrons. The SMILES string of the molecule is CC(C)C[C@H](NCCc1ccc(C=CC(=O)NO)cc1)C(=O)OC(C)(C)C. The number of benzene rings is 1. The summed E-state index contributed by atoms with van der Waals surface area (Å²) in [5, 5.41) is 11.8. The van der Waals surface area contributed by atoms with Gasteiger partial charge in [0, 0.05) is 6.08 Å². The van der Waals surface area contributed by atoms with Crippen molar-refractivity contribution in [1.82, 2.24) is 10.8 Å². The molecule has 1 rings (SSSR count). The monoisotopic (exact) mass is 376 g/mol. The first-order valence-corrected chi connectivity index (χ1v) is 9.28. The summed E-state index contributed by atoms with van der Waals surface area (Å²) >= 11 is 0. The van der Waals surface area contributed by atoms with Crippen molar-refractivity contribution in [2.24, 2.45) is 5.92 Å². The van der Waals surface area contributed by atoms with Gasteiger partial charge in [-0.05, 0) is 63.3 Å². The van der Waals surface area contributed by atoms with Gasteiger partial charge in [-0.1, -0.05) is 38.1 Å². The van der Waals surface area contributed by atoms with Gasteiger partial charge in [0.15, 0.2) is 0 Å². The largest absolute Gasteiger partial charge is 0.459 e. The van der Waals surface area contributed by atoms with Crippen LogP contribution in [0.5, 0.6) is 0 Å². The van der Waals surface area contributed by atoms with Gasteiger partial charge in [0.05, 0.1) is 0 Å². The van der Waals surface area contributed by atoms with Crippen molar-refractivity contribution in [3.63, 3.8) is 0 Å². The lowest BCUT2D eigenvalue weighted by atomic mass is 10.0. The second-order valence-corrected chi connectivity index (χ2v) is 7.97. The first kappa shape index (κ1) is 22.9. The zero-order valence-electron chi connectivity index (χ0n) is 16.9. The third-order valence-electron chi connectivity index (χ3n) is 3.72. The Morgan fingerprint density at radius 2 is 1.81 bits per heavy atom. The topological polar surface area (TPSA) is 87.7 Å². The van der Waals surface area contributed by atoms with Crippen LogP contribution >= 0.6 is 0 Å². The molecular formula is C21H32N2O4. The molecule has 0 aliphatic carbocycles. The third-order valence-corrected chi connectivity index (χ3v) is 3.72. The Hall–Kier alpha value is -2.18. The van der Waals surface area contributed by atoms with Gasteiger partial charge in [0.1, 0.15) is 11.6 Å². The molecule has 6 heteroatoms. The van der Waals surface area contributed by atoms with Gasteiger partial charge in [-0.3, -0.25) is 14.8 Å². The summed E-state index contributed by atoms with van der Waals surface area (Å²) in [6.07, 6.45) is 4.38. The lowest BCUT2D eigenvalue weighted by Gasteiger charge is -2.25. The van der Waals surface area contributed by atoms with E-state index >= 15 is 0 Å². The van der Waals surface area contributed by atoms with Crippen molar-refractivity contribution < 1.29 is 19.5 Å². The van der Waals surface area contributed by atoms with Crippen molar-refractivity contribution in [1.29, 1.82) is 0 Å². The van der Waals surface area contributed by atoms with Crippen LogP contribution in [0.15, 0.2) is 30.3 Å². The number of nitrogens with one attached hydrogen (secondary N) is 2. The Morgan fingerprint density at radius 1 is 1.19 bits per heavy atom. The highest BCUT2D eigenvalue weighted by Crippen LogP contribution is 2.13. The standard InChI is InChI=1S/C21H32N2O4/c1-15(2)14-18(20(25)27-21(3,4)5)22-13-12-17-8-6-16(7-9-17)10-11-19(24)23-26/h6-11,15,18,22,26H,12-14H2,1-5H3,(H,23,24)/t18-/m0/s1. The highest BCUT2D eigenvalue weighted by Gasteiger charge is 2.25. The second kappa shape index (κ2) is 10.8. The highest BCUT2D eigenvalue weighted by molar-refractivity contribution is 5.90. The Labute approximate surface area is 162 Å². The summed E-state index contributed by atoms with van der Waals surface area (Å²) in [6, 6.07) is 7.43. The third kappa shape index (κ3) is 9.92. The predicted molar refractivity (Wildman–Crippen MR) is 106 cm³/mol. The molecule has 1 atom stereocenters. The Balaban J connectivity index is 2.58. The smallest absolute Gasteiger partial charge is 0.323 e. The van der Waals surface area contributed by atoms with E-state index in [-0.39, 0.29) is 12.0 Å². The molecule has 0 bridgehead atoms. The molecule has 0 radical (unpaired) electrons. The molecule has 0 spiro atoms. The van der Waals surface area contributed by atoms with Crippen molar-refractivity contribution >= 4 is 18.0 Å².